The Bertz CT molecular complexity index is 1030. The summed E-state index contributed by atoms with van der Waals surface area (Å²) in [6, 6.07) is 15.4. The van der Waals surface area contributed by atoms with Crippen LogP contribution in [0, 0.1) is 20.8 Å². The minimum absolute atomic E-state index is 0.00364. The topological polar surface area (TPSA) is 43.2 Å². The smallest absolute Gasteiger partial charge is 0.112 e. The van der Waals surface area contributed by atoms with Crippen LogP contribution in [0.25, 0.3) is 0 Å². The first-order valence-electron chi connectivity index (χ1n) is 11.3. The van der Waals surface area contributed by atoms with Crippen molar-refractivity contribution in [1.82, 2.24) is 19.7 Å². The zero-order chi connectivity index (χ0) is 22.0. The summed E-state index contributed by atoms with van der Waals surface area (Å²) >= 11 is 0. The van der Waals surface area contributed by atoms with E-state index in [4.69, 9.17) is 14.8 Å². The van der Waals surface area contributed by atoms with E-state index >= 15 is 0 Å². The fourth-order valence-corrected chi connectivity index (χ4v) is 4.54. The van der Waals surface area contributed by atoms with Crippen LogP contribution < -0.4 is 0 Å². The number of aryl methyl sites for hydroxylation is 2. The third-order valence-electron chi connectivity index (χ3n) is 6.11. The Balaban J connectivity index is 1.50. The molecule has 31 heavy (non-hydrogen) atoms. The highest BCUT2D eigenvalue weighted by Crippen LogP contribution is 2.26. The van der Waals surface area contributed by atoms with Crippen molar-refractivity contribution in [1.29, 1.82) is 0 Å². The Hall–Kier alpha value is -2.50. The lowest BCUT2D eigenvalue weighted by atomic mass is 10.0. The second-order valence-electron chi connectivity index (χ2n) is 8.99. The van der Waals surface area contributed by atoms with E-state index in [1.807, 2.05) is 0 Å². The molecule has 1 fully saturated rings. The van der Waals surface area contributed by atoms with Gasteiger partial charge in [0.25, 0.3) is 0 Å². The zero-order valence-corrected chi connectivity index (χ0v) is 19.4. The van der Waals surface area contributed by atoms with Crippen molar-refractivity contribution in [3.8, 4) is 0 Å². The van der Waals surface area contributed by atoms with E-state index in [2.05, 4.69) is 86.7 Å². The Morgan fingerprint density at radius 2 is 1.84 bits per heavy atom. The lowest BCUT2D eigenvalue weighted by molar-refractivity contribution is -0.0352. The number of rotatable bonds is 6. The van der Waals surface area contributed by atoms with Crippen molar-refractivity contribution in [3.63, 3.8) is 0 Å². The molecule has 0 bridgehead atoms. The molecule has 0 unspecified atom stereocenters. The molecule has 1 aromatic carbocycles. The lowest BCUT2D eigenvalue weighted by Crippen LogP contribution is -2.38. The fraction of sp³-hybridized carbons (Fsp3) is 0.462. The highest BCUT2D eigenvalue weighted by atomic mass is 16.5. The Labute approximate surface area is 186 Å². The predicted octanol–water partition coefficient (Wildman–Crippen LogP) is 4.95. The molecule has 5 heteroatoms. The van der Waals surface area contributed by atoms with E-state index in [1.54, 1.807) is 0 Å². The summed E-state index contributed by atoms with van der Waals surface area (Å²) in [7, 11) is 0. The van der Waals surface area contributed by atoms with Gasteiger partial charge in [-0.05, 0) is 64.3 Å². The quantitative estimate of drug-likeness (QED) is 0.568. The van der Waals surface area contributed by atoms with E-state index in [0.29, 0.717) is 6.04 Å². The number of aromatic nitrogens is 3. The Morgan fingerprint density at radius 3 is 2.55 bits per heavy atom. The number of nitrogens with zero attached hydrogens (tertiary/aromatic N) is 4. The van der Waals surface area contributed by atoms with E-state index in [1.165, 1.54) is 22.4 Å². The molecule has 0 aliphatic carbocycles. The largest absolute Gasteiger partial charge is 0.369 e. The second kappa shape index (κ2) is 9.33. The maximum Gasteiger partial charge on any atom is 0.112 e. The first kappa shape index (κ1) is 21.7. The number of hydrogen-bond acceptors (Lipinski definition) is 4. The van der Waals surface area contributed by atoms with E-state index in [0.717, 1.165) is 49.7 Å². The third kappa shape index (κ3) is 5.05. The highest BCUT2D eigenvalue weighted by molar-refractivity contribution is 5.30. The van der Waals surface area contributed by atoms with Crippen molar-refractivity contribution in [2.24, 2.45) is 0 Å². The first-order valence-corrected chi connectivity index (χ1v) is 11.3. The van der Waals surface area contributed by atoms with Gasteiger partial charge in [0.05, 0.1) is 18.0 Å². The van der Waals surface area contributed by atoms with E-state index in [9.17, 15) is 0 Å². The van der Waals surface area contributed by atoms with Crippen LogP contribution in [0.1, 0.15) is 65.5 Å². The van der Waals surface area contributed by atoms with Crippen LogP contribution in [0.15, 0.2) is 42.5 Å². The van der Waals surface area contributed by atoms with Crippen molar-refractivity contribution < 1.29 is 4.74 Å². The Kier molecular flexibility index (Phi) is 6.54. The van der Waals surface area contributed by atoms with Crippen molar-refractivity contribution in [2.45, 2.75) is 59.7 Å². The molecule has 0 saturated carbocycles. The molecular weight excluding hydrogens is 384 g/mol. The van der Waals surface area contributed by atoms with Crippen LogP contribution in [-0.4, -0.2) is 39.4 Å². The molecule has 0 amide bonds. The van der Waals surface area contributed by atoms with Crippen LogP contribution in [0.5, 0.6) is 0 Å². The molecule has 0 N–H and O–H groups in total. The molecule has 0 radical (unpaired) electrons. The molecule has 1 atom stereocenters. The molecule has 164 valence electrons. The number of pyridine rings is 1. The van der Waals surface area contributed by atoms with Crippen LogP contribution >= 0.6 is 0 Å². The zero-order valence-electron chi connectivity index (χ0n) is 19.4. The fourth-order valence-electron chi connectivity index (χ4n) is 4.54. The number of ether oxygens (including phenoxy) is 1. The highest BCUT2D eigenvalue weighted by Gasteiger charge is 2.25. The van der Waals surface area contributed by atoms with Crippen molar-refractivity contribution in [2.75, 3.05) is 19.7 Å². The Morgan fingerprint density at radius 1 is 1.06 bits per heavy atom. The van der Waals surface area contributed by atoms with Gasteiger partial charge in [-0.1, -0.05) is 30.3 Å². The molecule has 0 spiro atoms. The summed E-state index contributed by atoms with van der Waals surface area (Å²) in [5.74, 6) is 0. The van der Waals surface area contributed by atoms with Gasteiger partial charge < -0.3 is 4.74 Å². The lowest BCUT2D eigenvalue weighted by Gasteiger charge is -2.33. The molecule has 1 saturated heterocycles. The van der Waals surface area contributed by atoms with Crippen molar-refractivity contribution in [3.05, 3.63) is 81.9 Å². The first-order chi connectivity index (χ1) is 14.9. The molecule has 5 nitrogen and oxygen atoms in total. The van der Waals surface area contributed by atoms with Gasteiger partial charge in [0.1, 0.15) is 6.10 Å². The summed E-state index contributed by atoms with van der Waals surface area (Å²) in [5, 5.41) is 4.76. The van der Waals surface area contributed by atoms with Crippen molar-refractivity contribution >= 4 is 0 Å². The molecule has 3 aromatic rings. The standard InChI is InChI=1S/C26H34N4O/c1-18(2)30-21(5)24(20(4)28-30)16-29-11-12-31-26(17-29)25-15-23(13-19(3)27-25)14-22-9-7-6-8-10-22/h6-10,13,15,18,26H,11-12,14,16-17H2,1-5H3/t26-/m1/s1. The number of morpholine rings is 1. The minimum atomic E-state index is 0.00364. The maximum atomic E-state index is 6.17. The molecule has 2 aromatic heterocycles. The van der Waals surface area contributed by atoms with Gasteiger partial charge in [-0.15, -0.1) is 0 Å². The predicted molar refractivity (Wildman–Crippen MR) is 124 cm³/mol. The van der Waals surface area contributed by atoms with Crippen LogP contribution in [-0.2, 0) is 17.7 Å². The summed E-state index contributed by atoms with van der Waals surface area (Å²) in [6.45, 7) is 14.2. The second-order valence-corrected chi connectivity index (χ2v) is 8.99. The third-order valence-corrected chi connectivity index (χ3v) is 6.11. The SMILES string of the molecule is Cc1cc(Cc2ccccc2)cc([C@H]2CN(Cc3c(C)nn(C(C)C)c3C)CCO2)n1. The summed E-state index contributed by atoms with van der Waals surface area (Å²) < 4.78 is 8.31. The summed E-state index contributed by atoms with van der Waals surface area (Å²) in [4.78, 5) is 7.32. The average Bonchev–Trinajstić information content (AvgIpc) is 3.03. The van der Waals surface area contributed by atoms with E-state index in [-0.39, 0.29) is 6.10 Å². The number of benzene rings is 1. The van der Waals surface area contributed by atoms with Gasteiger partial charge in [0.15, 0.2) is 0 Å². The van der Waals surface area contributed by atoms with Gasteiger partial charge in [0.2, 0.25) is 0 Å². The molecular formula is C26H34N4O. The van der Waals surface area contributed by atoms with Gasteiger partial charge in [-0.3, -0.25) is 14.6 Å². The van der Waals surface area contributed by atoms with Crippen LogP contribution in [0.4, 0.5) is 0 Å². The summed E-state index contributed by atoms with van der Waals surface area (Å²) in [5.41, 5.74) is 8.45. The monoisotopic (exact) mass is 418 g/mol. The maximum absolute atomic E-state index is 6.17. The average molecular weight is 419 g/mol. The molecule has 3 heterocycles. The van der Waals surface area contributed by atoms with Crippen LogP contribution in [0.2, 0.25) is 0 Å². The van der Waals surface area contributed by atoms with Crippen LogP contribution in [0.3, 0.4) is 0 Å². The minimum Gasteiger partial charge on any atom is -0.369 e. The normalized spacial score (nSPS) is 17.4. The molecule has 4 rings (SSSR count). The molecule has 1 aliphatic heterocycles. The van der Waals surface area contributed by atoms with Gasteiger partial charge >= 0.3 is 0 Å². The van der Waals surface area contributed by atoms with Gasteiger partial charge in [0, 0.05) is 42.6 Å². The number of hydrogen-bond donors (Lipinski definition) is 0. The van der Waals surface area contributed by atoms with E-state index < -0.39 is 0 Å². The van der Waals surface area contributed by atoms with Gasteiger partial charge in [-0.2, -0.15) is 5.10 Å². The summed E-state index contributed by atoms with van der Waals surface area (Å²) in [6.07, 6.45) is 0.921. The van der Waals surface area contributed by atoms with Gasteiger partial charge in [-0.25, -0.2) is 0 Å². The molecule has 1 aliphatic rings.